The van der Waals surface area contributed by atoms with Crippen molar-refractivity contribution in [1.82, 2.24) is 19.8 Å². The third-order valence-electron chi connectivity index (χ3n) is 5.58. The van der Waals surface area contributed by atoms with Crippen LogP contribution in [-0.2, 0) is 22.2 Å². The van der Waals surface area contributed by atoms with Crippen LogP contribution in [0, 0.1) is 0 Å². The van der Waals surface area contributed by atoms with Crippen LogP contribution in [0.1, 0.15) is 37.3 Å². The Morgan fingerprint density at radius 2 is 1.88 bits per heavy atom. The van der Waals surface area contributed by atoms with E-state index in [2.05, 4.69) is 10.6 Å². The summed E-state index contributed by atoms with van der Waals surface area (Å²) in [5, 5.41) is 16.5. The van der Waals surface area contributed by atoms with E-state index in [-0.39, 0.29) is 18.0 Å². The second-order valence-electron chi connectivity index (χ2n) is 7.16. The smallest absolute Gasteiger partial charge is 0.329 e. The minimum Gasteiger partial charge on any atom is -0.385 e. The maximum Gasteiger partial charge on any atom is 0.329 e. The van der Waals surface area contributed by atoms with Crippen molar-refractivity contribution in [1.29, 1.82) is 0 Å². The molecule has 1 aromatic carbocycles. The van der Waals surface area contributed by atoms with Crippen LogP contribution in [-0.4, -0.2) is 39.1 Å². The fourth-order valence-electron chi connectivity index (χ4n) is 4.01. The van der Waals surface area contributed by atoms with E-state index in [4.69, 9.17) is 0 Å². The molecule has 0 spiro atoms. The first-order chi connectivity index (χ1) is 12.4. The minimum absolute atomic E-state index is 0.212. The molecule has 3 heterocycles. The van der Waals surface area contributed by atoms with Crippen molar-refractivity contribution in [2.24, 2.45) is 7.05 Å². The number of carbonyl (C=O) groups is 2. The lowest BCUT2D eigenvalue weighted by atomic mass is 9.85. The summed E-state index contributed by atoms with van der Waals surface area (Å²) in [5.74, 6) is -0.758. The third-order valence-corrected chi connectivity index (χ3v) is 5.58. The molecule has 2 aromatic rings. The number of amides is 2. The van der Waals surface area contributed by atoms with Crippen LogP contribution in [0.5, 0.6) is 0 Å². The molecular formula is C18H22N4O4. The van der Waals surface area contributed by atoms with Crippen LogP contribution in [0.25, 0.3) is 11.0 Å². The van der Waals surface area contributed by atoms with Crippen LogP contribution in [0.2, 0.25) is 0 Å². The van der Waals surface area contributed by atoms with Gasteiger partial charge in [-0.3, -0.25) is 24.0 Å². The molecular weight excluding hydrogens is 336 g/mol. The number of aliphatic hydroxyl groups is 1. The summed E-state index contributed by atoms with van der Waals surface area (Å²) in [4.78, 5) is 36.4. The van der Waals surface area contributed by atoms with Gasteiger partial charge in [-0.15, -0.1) is 0 Å². The molecule has 2 fully saturated rings. The van der Waals surface area contributed by atoms with Crippen molar-refractivity contribution in [3.63, 3.8) is 0 Å². The molecule has 0 saturated carbocycles. The van der Waals surface area contributed by atoms with E-state index in [1.807, 2.05) is 12.1 Å². The summed E-state index contributed by atoms with van der Waals surface area (Å²) in [6.07, 6.45) is 1.74. The zero-order valence-corrected chi connectivity index (χ0v) is 14.6. The van der Waals surface area contributed by atoms with Crippen LogP contribution in [0.3, 0.4) is 0 Å². The third kappa shape index (κ3) is 2.57. The number of carbonyl (C=O) groups excluding carboxylic acids is 2. The zero-order chi connectivity index (χ0) is 18.5. The molecule has 138 valence electrons. The van der Waals surface area contributed by atoms with Crippen molar-refractivity contribution in [2.75, 3.05) is 13.1 Å². The summed E-state index contributed by atoms with van der Waals surface area (Å²) >= 11 is 0. The van der Waals surface area contributed by atoms with Gasteiger partial charge in [0.1, 0.15) is 6.04 Å². The van der Waals surface area contributed by atoms with Crippen molar-refractivity contribution in [3.05, 3.63) is 34.2 Å². The van der Waals surface area contributed by atoms with Gasteiger partial charge in [-0.1, -0.05) is 6.07 Å². The summed E-state index contributed by atoms with van der Waals surface area (Å²) in [6, 6.07) is 4.76. The lowest BCUT2D eigenvalue weighted by Gasteiger charge is -2.33. The fraction of sp³-hybridized carbons (Fsp3) is 0.500. The molecule has 8 heteroatoms. The molecule has 0 radical (unpaired) electrons. The van der Waals surface area contributed by atoms with E-state index in [1.54, 1.807) is 13.1 Å². The number of fused-ring (bicyclic) bond motifs is 1. The van der Waals surface area contributed by atoms with E-state index in [0.29, 0.717) is 30.3 Å². The van der Waals surface area contributed by atoms with Gasteiger partial charge in [-0.05, 0) is 50.0 Å². The SMILES string of the molecule is Cn1c(=O)n(C2CCC(=O)NC2=O)c2ccc(C3(O)CCNCC3)cc21. The number of aromatic nitrogens is 2. The average molecular weight is 358 g/mol. The van der Waals surface area contributed by atoms with Gasteiger partial charge in [-0.25, -0.2) is 4.79 Å². The number of piperidine rings is 2. The summed E-state index contributed by atoms with van der Waals surface area (Å²) in [5.41, 5.74) is 0.871. The summed E-state index contributed by atoms with van der Waals surface area (Å²) < 4.78 is 2.94. The molecule has 1 aromatic heterocycles. The molecule has 26 heavy (non-hydrogen) atoms. The monoisotopic (exact) mass is 358 g/mol. The Balaban J connectivity index is 1.81. The Morgan fingerprint density at radius 1 is 1.15 bits per heavy atom. The van der Waals surface area contributed by atoms with E-state index in [1.165, 1.54) is 9.13 Å². The number of hydrogen-bond donors (Lipinski definition) is 3. The molecule has 0 bridgehead atoms. The highest BCUT2D eigenvalue weighted by Gasteiger charge is 2.34. The van der Waals surface area contributed by atoms with Crippen LogP contribution >= 0.6 is 0 Å². The van der Waals surface area contributed by atoms with Gasteiger partial charge in [0.25, 0.3) is 0 Å². The highest BCUT2D eigenvalue weighted by Crippen LogP contribution is 2.33. The molecule has 2 saturated heterocycles. The molecule has 0 aliphatic carbocycles. The number of imide groups is 1. The maximum absolute atomic E-state index is 12.8. The van der Waals surface area contributed by atoms with E-state index < -0.39 is 17.6 Å². The van der Waals surface area contributed by atoms with E-state index >= 15 is 0 Å². The summed E-state index contributed by atoms with van der Waals surface area (Å²) in [6.45, 7) is 1.48. The predicted molar refractivity (Wildman–Crippen MR) is 94.6 cm³/mol. The van der Waals surface area contributed by atoms with Gasteiger partial charge in [0, 0.05) is 13.5 Å². The van der Waals surface area contributed by atoms with Crippen LogP contribution in [0.4, 0.5) is 0 Å². The number of hydrogen-bond acceptors (Lipinski definition) is 5. The van der Waals surface area contributed by atoms with E-state index in [0.717, 1.165) is 18.7 Å². The first kappa shape index (κ1) is 17.0. The number of nitrogens with zero attached hydrogens (tertiary/aromatic N) is 2. The Labute approximate surface area is 149 Å². The van der Waals surface area contributed by atoms with Gasteiger partial charge in [0.05, 0.1) is 16.6 Å². The van der Waals surface area contributed by atoms with Gasteiger partial charge < -0.3 is 10.4 Å². The normalized spacial score (nSPS) is 23.2. The van der Waals surface area contributed by atoms with Crippen LogP contribution < -0.4 is 16.3 Å². The molecule has 3 N–H and O–H groups in total. The summed E-state index contributed by atoms with van der Waals surface area (Å²) in [7, 11) is 1.66. The van der Waals surface area contributed by atoms with Gasteiger partial charge in [0.2, 0.25) is 11.8 Å². The number of nitrogens with one attached hydrogen (secondary N) is 2. The number of benzene rings is 1. The van der Waals surface area contributed by atoms with Gasteiger partial charge in [0.15, 0.2) is 0 Å². The fourth-order valence-corrected chi connectivity index (χ4v) is 4.01. The molecule has 8 nitrogen and oxygen atoms in total. The lowest BCUT2D eigenvalue weighted by molar-refractivity contribution is -0.135. The molecule has 2 aliphatic rings. The van der Waals surface area contributed by atoms with Crippen molar-refractivity contribution < 1.29 is 14.7 Å². The Bertz CT molecular complexity index is 952. The standard InChI is InChI=1S/C18H22N4O4/c1-21-14-10-11(18(26)6-8-19-9-7-18)2-3-12(14)22(17(21)25)13-4-5-15(23)20-16(13)24/h2-3,10,13,19,26H,4-9H2,1H3,(H,20,23,24). The van der Waals surface area contributed by atoms with Gasteiger partial charge in [-0.2, -0.15) is 0 Å². The number of aryl methyl sites for hydroxylation is 1. The first-order valence-electron chi connectivity index (χ1n) is 8.89. The first-order valence-corrected chi connectivity index (χ1v) is 8.89. The molecule has 2 amide bonds. The topological polar surface area (TPSA) is 105 Å². The number of rotatable bonds is 2. The molecule has 1 unspecified atom stereocenters. The quantitative estimate of drug-likeness (QED) is 0.650. The maximum atomic E-state index is 12.8. The minimum atomic E-state index is -0.910. The average Bonchev–Trinajstić information content (AvgIpc) is 2.87. The molecule has 1 atom stereocenters. The van der Waals surface area contributed by atoms with Gasteiger partial charge >= 0.3 is 5.69 Å². The Morgan fingerprint density at radius 3 is 2.58 bits per heavy atom. The zero-order valence-electron chi connectivity index (χ0n) is 14.6. The van der Waals surface area contributed by atoms with E-state index in [9.17, 15) is 19.5 Å². The Kier molecular flexibility index (Phi) is 3.96. The predicted octanol–water partition coefficient (Wildman–Crippen LogP) is -0.111. The molecule has 4 rings (SSSR count). The molecule has 2 aliphatic heterocycles. The second-order valence-corrected chi connectivity index (χ2v) is 7.16. The largest absolute Gasteiger partial charge is 0.385 e. The second kappa shape index (κ2) is 6.07. The highest BCUT2D eigenvalue weighted by molar-refractivity contribution is 6.00. The van der Waals surface area contributed by atoms with Crippen LogP contribution in [0.15, 0.2) is 23.0 Å². The van der Waals surface area contributed by atoms with Crippen molar-refractivity contribution in [2.45, 2.75) is 37.3 Å². The van der Waals surface area contributed by atoms with Crippen molar-refractivity contribution in [3.8, 4) is 0 Å². The Hall–Kier alpha value is -2.45. The highest BCUT2D eigenvalue weighted by atomic mass is 16.3. The lowest BCUT2D eigenvalue weighted by Crippen LogP contribution is -2.44. The number of imidazole rings is 1. The van der Waals surface area contributed by atoms with Crippen molar-refractivity contribution >= 4 is 22.8 Å².